The third-order valence-corrected chi connectivity index (χ3v) is 5.36. The lowest BCUT2D eigenvalue weighted by Crippen LogP contribution is -2.42. The van der Waals surface area contributed by atoms with Crippen molar-refractivity contribution in [3.05, 3.63) is 59.8 Å². The molecule has 1 saturated heterocycles. The first-order chi connectivity index (χ1) is 12.6. The molecule has 0 N–H and O–H groups in total. The molecule has 136 valence electrons. The van der Waals surface area contributed by atoms with Crippen molar-refractivity contribution in [1.82, 2.24) is 9.80 Å². The van der Waals surface area contributed by atoms with Gasteiger partial charge in [0.05, 0.1) is 11.7 Å². The van der Waals surface area contributed by atoms with Crippen LogP contribution in [0.3, 0.4) is 0 Å². The summed E-state index contributed by atoms with van der Waals surface area (Å²) in [4.78, 5) is 29.2. The van der Waals surface area contributed by atoms with Crippen LogP contribution in [-0.4, -0.2) is 47.8 Å². The predicted octanol–water partition coefficient (Wildman–Crippen LogP) is 2.83. The van der Waals surface area contributed by atoms with Gasteiger partial charge in [0, 0.05) is 26.2 Å². The van der Waals surface area contributed by atoms with Gasteiger partial charge in [-0.15, -0.1) is 0 Å². The third kappa shape index (κ3) is 3.00. The molecule has 0 bridgehead atoms. The van der Waals surface area contributed by atoms with Gasteiger partial charge in [-0.25, -0.2) is 4.39 Å². The summed E-state index contributed by atoms with van der Waals surface area (Å²) in [6.07, 6.45) is 3.81. The van der Waals surface area contributed by atoms with Crippen LogP contribution in [0.1, 0.15) is 35.4 Å². The Kier molecular flexibility index (Phi) is 4.26. The van der Waals surface area contributed by atoms with Crippen molar-refractivity contribution in [3.63, 3.8) is 0 Å². The van der Waals surface area contributed by atoms with Gasteiger partial charge in [-0.1, -0.05) is 12.1 Å². The van der Waals surface area contributed by atoms with Crippen LogP contribution in [0.2, 0.25) is 0 Å². The highest BCUT2D eigenvalue weighted by molar-refractivity contribution is 5.92. The lowest BCUT2D eigenvalue weighted by atomic mass is 9.94. The Balaban J connectivity index is 1.45. The van der Waals surface area contributed by atoms with Crippen LogP contribution in [0.4, 0.5) is 4.39 Å². The second kappa shape index (κ2) is 6.59. The predicted molar refractivity (Wildman–Crippen MR) is 93.1 cm³/mol. The minimum Gasteiger partial charge on any atom is -0.459 e. The highest BCUT2D eigenvalue weighted by atomic mass is 19.1. The fourth-order valence-corrected chi connectivity index (χ4v) is 3.70. The first kappa shape index (κ1) is 16.8. The van der Waals surface area contributed by atoms with E-state index in [0.717, 1.165) is 24.8 Å². The maximum atomic E-state index is 13.2. The highest BCUT2D eigenvalue weighted by Gasteiger charge is 2.53. The molecule has 1 aliphatic carbocycles. The zero-order valence-electron chi connectivity index (χ0n) is 14.5. The van der Waals surface area contributed by atoms with E-state index < -0.39 is 5.41 Å². The molecule has 2 heterocycles. The maximum absolute atomic E-state index is 13.2. The lowest BCUT2D eigenvalue weighted by Gasteiger charge is -2.26. The molecule has 1 aliphatic heterocycles. The van der Waals surface area contributed by atoms with E-state index in [-0.39, 0.29) is 17.6 Å². The van der Waals surface area contributed by atoms with E-state index in [4.69, 9.17) is 4.42 Å². The van der Waals surface area contributed by atoms with E-state index in [2.05, 4.69) is 0 Å². The van der Waals surface area contributed by atoms with Gasteiger partial charge in [-0.05, 0) is 49.1 Å². The summed E-state index contributed by atoms with van der Waals surface area (Å²) in [5, 5.41) is 0. The van der Waals surface area contributed by atoms with Crippen molar-refractivity contribution < 1.29 is 18.4 Å². The van der Waals surface area contributed by atoms with Gasteiger partial charge >= 0.3 is 0 Å². The lowest BCUT2D eigenvalue weighted by molar-refractivity contribution is -0.133. The van der Waals surface area contributed by atoms with Crippen molar-refractivity contribution in [1.29, 1.82) is 0 Å². The molecule has 2 amide bonds. The summed E-state index contributed by atoms with van der Waals surface area (Å²) < 4.78 is 18.4. The number of benzene rings is 1. The molecule has 1 aromatic heterocycles. The van der Waals surface area contributed by atoms with Crippen LogP contribution in [0, 0.1) is 5.82 Å². The molecule has 6 heteroatoms. The Morgan fingerprint density at radius 1 is 0.962 bits per heavy atom. The molecule has 1 aromatic carbocycles. The van der Waals surface area contributed by atoms with Gasteiger partial charge in [0.2, 0.25) is 5.91 Å². The van der Waals surface area contributed by atoms with Crippen molar-refractivity contribution in [3.8, 4) is 0 Å². The van der Waals surface area contributed by atoms with E-state index in [0.29, 0.717) is 31.9 Å². The highest BCUT2D eigenvalue weighted by Crippen LogP contribution is 2.49. The summed E-state index contributed by atoms with van der Waals surface area (Å²) >= 11 is 0. The van der Waals surface area contributed by atoms with Gasteiger partial charge < -0.3 is 14.2 Å². The van der Waals surface area contributed by atoms with Crippen molar-refractivity contribution >= 4 is 11.8 Å². The number of halogens is 1. The molecule has 2 aromatic rings. The van der Waals surface area contributed by atoms with E-state index >= 15 is 0 Å². The SMILES string of the molecule is O=C(c1ccco1)N1CCCN(C(=O)C2(c3ccc(F)cc3)CC2)CC1. The smallest absolute Gasteiger partial charge is 0.289 e. The number of hydrogen-bond acceptors (Lipinski definition) is 3. The number of amides is 2. The van der Waals surface area contributed by atoms with Gasteiger partial charge in [0.1, 0.15) is 5.82 Å². The fourth-order valence-electron chi connectivity index (χ4n) is 3.70. The molecule has 5 nitrogen and oxygen atoms in total. The number of rotatable bonds is 3. The van der Waals surface area contributed by atoms with Gasteiger partial charge in [-0.2, -0.15) is 0 Å². The van der Waals surface area contributed by atoms with Crippen LogP contribution >= 0.6 is 0 Å². The van der Waals surface area contributed by atoms with Crippen molar-refractivity contribution in [2.24, 2.45) is 0 Å². The Morgan fingerprint density at radius 2 is 1.65 bits per heavy atom. The summed E-state index contributed by atoms with van der Waals surface area (Å²) in [6, 6.07) is 9.60. The molecular formula is C20H21FN2O3. The topological polar surface area (TPSA) is 53.8 Å². The average molecular weight is 356 g/mol. The molecule has 26 heavy (non-hydrogen) atoms. The Hall–Kier alpha value is -2.63. The summed E-state index contributed by atoms with van der Waals surface area (Å²) in [6.45, 7) is 2.23. The third-order valence-electron chi connectivity index (χ3n) is 5.36. The fraction of sp³-hybridized carbons (Fsp3) is 0.400. The Morgan fingerprint density at radius 3 is 2.31 bits per heavy atom. The summed E-state index contributed by atoms with van der Waals surface area (Å²) in [5.41, 5.74) is 0.380. The number of nitrogens with zero attached hydrogens (tertiary/aromatic N) is 2. The van der Waals surface area contributed by atoms with Crippen LogP contribution in [0.25, 0.3) is 0 Å². The molecule has 0 radical (unpaired) electrons. The normalized spacial score (nSPS) is 19.1. The first-order valence-corrected chi connectivity index (χ1v) is 8.98. The zero-order valence-corrected chi connectivity index (χ0v) is 14.5. The average Bonchev–Trinajstić information content (AvgIpc) is 3.35. The number of carbonyl (C=O) groups is 2. The zero-order chi connectivity index (χ0) is 18.1. The van der Waals surface area contributed by atoms with Gasteiger partial charge in [0.15, 0.2) is 5.76 Å². The molecule has 0 unspecified atom stereocenters. The van der Waals surface area contributed by atoms with Crippen LogP contribution in [0.5, 0.6) is 0 Å². The molecule has 4 rings (SSSR count). The minimum atomic E-state index is -0.506. The minimum absolute atomic E-state index is 0.0939. The first-order valence-electron chi connectivity index (χ1n) is 8.98. The Labute approximate surface area is 151 Å². The number of carbonyl (C=O) groups excluding carboxylic acids is 2. The number of furan rings is 1. The largest absolute Gasteiger partial charge is 0.459 e. The number of hydrogen-bond donors (Lipinski definition) is 0. The van der Waals surface area contributed by atoms with Crippen LogP contribution in [-0.2, 0) is 10.2 Å². The maximum Gasteiger partial charge on any atom is 0.289 e. The molecular weight excluding hydrogens is 335 g/mol. The molecule has 0 spiro atoms. The Bertz CT molecular complexity index is 797. The molecule has 1 saturated carbocycles. The second-order valence-corrected chi connectivity index (χ2v) is 7.00. The monoisotopic (exact) mass is 356 g/mol. The second-order valence-electron chi connectivity index (χ2n) is 7.00. The standard InChI is InChI=1S/C20H21FN2O3/c21-16-6-4-15(5-7-16)20(8-9-20)19(25)23-11-2-10-22(12-13-23)18(24)17-3-1-14-26-17/h1,3-7,14H,2,8-13H2. The van der Waals surface area contributed by atoms with Crippen LogP contribution in [0.15, 0.2) is 47.1 Å². The van der Waals surface area contributed by atoms with Crippen LogP contribution < -0.4 is 0 Å². The molecule has 0 atom stereocenters. The quantitative estimate of drug-likeness (QED) is 0.850. The van der Waals surface area contributed by atoms with Crippen molar-refractivity contribution in [2.45, 2.75) is 24.7 Å². The van der Waals surface area contributed by atoms with Crippen molar-refractivity contribution in [2.75, 3.05) is 26.2 Å². The van der Waals surface area contributed by atoms with E-state index in [1.54, 1.807) is 29.2 Å². The molecule has 2 fully saturated rings. The van der Waals surface area contributed by atoms with E-state index in [9.17, 15) is 14.0 Å². The molecule has 2 aliphatic rings. The summed E-state index contributed by atoms with van der Waals surface area (Å²) in [7, 11) is 0. The summed E-state index contributed by atoms with van der Waals surface area (Å²) in [5.74, 6) is -0.00558. The van der Waals surface area contributed by atoms with Gasteiger partial charge in [-0.3, -0.25) is 9.59 Å². The van der Waals surface area contributed by atoms with Gasteiger partial charge in [0.25, 0.3) is 5.91 Å². The van der Waals surface area contributed by atoms with E-state index in [1.165, 1.54) is 18.4 Å². The van der Waals surface area contributed by atoms with E-state index in [1.807, 2.05) is 4.90 Å².